The lowest BCUT2D eigenvalue weighted by molar-refractivity contribution is 0.709. The summed E-state index contributed by atoms with van der Waals surface area (Å²) in [6.07, 6.45) is 3.28. The smallest absolute Gasteiger partial charge is 0.105 e. The van der Waals surface area contributed by atoms with E-state index in [1.54, 1.807) is 0 Å². The van der Waals surface area contributed by atoms with E-state index in [0.29, 0.717) is 0 Å². The Balaban J connectivity index is 3.13. The third kappa shape index (κ3) is 6.26. The van der Waals surface area contributed by atoms with Gasteiger partial charge in [-0.1, -0.05) is 38.3 Å². The van der Waals surface area contributed by atoms with Crippen molar-refractivity contribution in [3.63, 3.8) is 0 Å². The Morgan fingerprint density at radius 3 is 2.20 bits per heavy atom. The highest BCUT2D eigenvalue weighted by Crippen LogP contribution is 2.21. The molecule has 0 N–H and O–H groups in total. The topological polar surface area (TPSA) is 0 Å². The molecule has 0 spiro atoms. The molecule has 0 radical (unpaired) electrons. The van der Waals surface area contributed by atoms with Gasteiger partial charge in [0.25, 0.3) is 0 Å². The van der Waals surface area contributed by atoms with E-state index in [-0.39, 0.29) is 9.66 Å². The molecule has 10 heavy (non-hydrogen) atoms. The van der Waals surface area contributed by atoms with E-state index >= 15 is 0 Å². The molecule has 62 valence electrons. The van der Waals surface area contributed by atoms with E-state index < -0.39 is 0 Å². The van der Waals surface area contributed by atoms with Gasteiger partial charge < -0.3 is 0 Å². The molecule has 0 aliphatic rings. The molecule has 0 amide bonds. The van der Waals surface area contributed by atoms with Crippen molar-refractivity contribution >= 4 is 55.1 Å². The maximum absolute atomic E-state index is 5.86. The predicted molar refractivity (Wildman–Crippen MR) is 55.9 cm³/mol. The molecule has 0 fully saturated rings. The number of halogens is 4. The van der Waals surface area contributed by atoms with Crippen LogP contribution >= 0.6 is 55.1 Å². The van der Waals surface area contributed by atoms with Crippen LogP contribution in [0, 0.1) is 0 Å². The average molecular weight is 313 g/mol. The van der Waals surface area contributed by atoms with Gasteiger partial charge in [-0.2, -0.15) is 0 Å². The summed E-state index contributed by atoms with van der Waals surface area (Å²) in [7, 11) is 0. The number of hydrogen-bond donors (Lipinski definition) is 0. The fourth-order valence-electron chi connectivity index (χ4n) is 0.560. The minimum atomic E-state index is -0.0931. The average Bonchev–Trinajstić information content (AvgIpc) is 1.88. The van der Waals surface area contributed by atoms with Gasteiger partial charge in [0.05, 0.1) is 5.38 Å². The highest BCUT2D eigenvalue weighted by atomic mass is 79.9. The summed E-state index contributed by atoms with van der Waals surface area (Å²) >= 11 is 18.1. The van der Waals surface area contributed by atoms with E-state index in [9.17, 15) is 0 Å². The first-order chi connectivity index (χ1) is 4.68. The summed E-state index contributed by atoms with van der Waals surface area (Å²) in [5.74, 6) is 0. The maximum Gasteiger partial charge on any atom is 0.105 e. The van der Waals surface area contributed by atoms with Gasteiger partial charge in [0.15, 0.2) is 0 Å². The fourth-order valence-corrected chi connectivity index (χ4v) is 1.50. The van der Waals surface area contributed by atoms with Gasteiger partial charge in [0, 0.05) is 5.33 Å². The van der Waals surface area contributed by atoms with Crippen LogP contribution in [0.15, 0.2) is 0 Å². The van der Waals surface area contributed by atoms with Crippen molar-refractivity contribution in [2.45, 2.75) is 28.9 Å². The van der Waals surface area contributed by atoms with Gasteiger partial charge in [-0.25, -0.2) is 0 Å². The minimum absolute atomic E-state index is 0.0562. The summed E-state index contributed by atoms with van der Waals surface area (Å²) in [6, 6.07) is 0. The van der Waals surface area contributed by atoms with Crippen LogP contribution in [0.4, 0.5) is 0 Å². The quantitative estimate of drug-likeness (QED) is 0.529. The molecular weight excluding hydrogens is 303 g/mol. The Bertz CT molecular complexity index is 78.1. The molecule has 0 saturated carbocycles. The summed E-state index contributed by atoms with van der Waals surface area (Å²) in [5.41, 5.74) is 0. The van der Waals surface area contributed by atoms with Crippen molar-refractivity contribution in [2.24, 2.45) is 0 Å². The van der Waals surface area contributed by atoms with Crippen LogP contribution in [0.3, 0.4) is 0 Å². The van der Waals surface area contributed by atoms with Crippen molar-refractivity contribution in [3.05, 3.63) is 0 Å². The monoisotopic (exact) mass is 310 g/mol. The third-order valence-electron chi connectivity index (χ3n) is 1.14. The largest absolute Gasteiger partial charge is 0.120 e. The molecule has 0 aliphatic carbocycles. The minimum Gasteiger partial charge on any atom is -0.120 e. The van der Waals surface area contributed by atoms with E-state index in [4.69, 9.17) is 23.2 Å². The molecule has 0 heterocycles. The molecule has 0 bridgehead atoms. The van der Waals surface area contributed by atoms with Crippen molar-refractivity contribution < 1.29 is 0 Å². The van der Waals surface area contributed by atoms with Crippen LogP contribution in [0.25, 0.3) is 0 Å². The Morgan fingerprint density at radius 1 is 1.20 bits per heavy atom. The zero-order valence-corrected chi connectivity index (χ0v) is 10.2. The van der Waals surface area contributed by atoms with E-state index in [2.05, 4.69) is 31.9 Å². The van der Waals surface area contributed by atoms with Crippen LogP contribution in [-0.4, -0.2) is 15.0 Å². The fraction of sp³-hybridized carbons (Fsp3) is 1.00. The molecule has 0 aromatic carbocycles. The number of rotatable bonds is 5. The standard InChI is InChI=1S/C6H10Br2Cl2/c7-4-2-1-3-5(9)6(8)10/h5-6H,1-4H2. The van der Waals surface area contributed by atoms with Crippen LogP contribution in [0.1, 0.15) is 19.3 Å². The molecule has 0 aromatic rings. The van der Waals surface area contributed by atoms with Gasteiger partial charge in [-0.15, -0.1) is 23.2 Å². The lowest BCUT2D eigenvalue weighted by Gasteiger charge is -2.08. The second kappa shape index (κ2) is 7.20. The van der Waals surface area contributed by atoms with E-state index in [1.165, 1.54) is 6.42 Å². The predicted octanol–water partition coefficient (Wildman–Crippen LogP) is 4.12. The van der Waals surface area contributed by atoms with Crippen LogP contribution < -0.4 is 0 Å². The molecule has 0 saturated heterocycles. The van der Waals surface area contributed by atoms with Gasteiger partial charge in [-0.3, -0.25) is 0 Å². The lowest BCUT2D eigenvalue weighted by atomic mass is 10.2. The Hall–Kier alpha value is 1.54. The molecule has 0 aromatic heterocycles. The molecule has 0 aliphatic heterocycles. The first-order valence-corrected chi connectivity index (χ1v) is 6.07. The second-order valence-electron chi connectivity index (χ2n) is 2.04. The molecular formula is C6H10Br2Cl2. The maximum atomic E-state index is 5.86. The van der Waals surface area contributed by atoms with Crippen molar-refractivity contribution in [3.8, 4) is 0 Å². The second-order valence-corrected chi connectivity index (χ2v) is 5.37. The van der Waals surface area contributed by atoms with Crippen molar-refractivity contribution in [1.29, 1.82) is 0 Å². The number of unbranched alkanes of at least 4 members (excludes halogenated alkanes) is 1. The number of hydrogen-bond acceptors (Lipinski definition) is 0. The van der Waals surface area contributed by atoms with Crippen LogP contribution in [0.2, 0.25) is 0 Å². The van der Waals surface area contributed by atoms with Gasteiger partial charge in [-0.05, 0) is 12.8 Å². The van der Waals surface area contributed by atoms with E-state index in [1.807, 2.05) is 0 Å². The summed E-state index contributed by atoms with van der Waals surface area (Å²) in [5, 5.41) is 1.10. The molecule has 0 rings (SSSR count). The normalized spacial score (nSPS) is 16.8. The molecule has 0 nitrogen and oxygen atoms in total. The zero-order valence-electron chi connectivity index (χ0n) is 5.49. The van der Waals surface area contributed by atoms with E-state index in [0.717, 1.165) is 18.2 Å². The first-order valence-electron chi connectivity index (χ1n) is 3.16. The van der Waals surface area contributed by atoms with Crippen molar-refractivity contribution in [2.75, 3.05) is 5.33 Å². The Kier molecular flexibility index (Phi) is 8.31. The Labute approximate surface area is 88.9 Å². The van der Waals surface area contributed by atoms with Crippen molar-refractivity contribution in [1.82, 2.24) is 0 Å². The van der Waals surface area contributed by atoms with Crippen LogP contribution in [-0.2, 0) is 0 Å². The SMILES string of the molecule is ClC(Br)C(Cl)CCCCBr. The summed E-state index contributed by atoms with van der Waals surface area (Å²) in [6.45, 7) is 0. The third-order valence-corrected chi connectivity index (χ3v) is 3.54. The molecule has 2 unspecified atom stereocenters. The highest BCUT2D eigenvalue weighted by Gasteiger charge is 2.11. The molecule has 4 heteroatoms. The van der Waals surface area contributed by atoms with Gasteiger partial charge in [0.2, 0.25) is 0 Å². The van der Waals surface area contributed by atoms with Gasteiger partial charge >= 0.3 is 0 Å². The number of alkyl halides is 4. The van der Waals surface area contributed by atoms with Gasteiger partial charge in [0.1, 0.15) is 4.29 Å². The molecule has 2 atom stereocenters. The Morgan fingerprint density at radius 2 is 1.80 bits per heavy atom. The highest BCUT2D eigenvalue weighted by molar-refractivity contribution is 9.10. The van der Waals surface area contributed by atoms with Crippen LogP contribution in [0.5, 0.6) is 0 Å². The lowest BCUT2D eigenvalue weighted by Crippen LogP contribution is -2.07. The summed E-state index contributed by atoms with van der Waals surface area (Å²) < 4.78 is -0.0931. The first kappa shape index (κ1) is 11.5. The zero-order chi connectivity index (χ0) is 7.98. The summed E-state index contributed by atoms with van der Waals surface area (Å²) in [4.78, 5) is 0.